The van der Waals surface area contributed by atoms with Gasteiger partial charge >= 0.3 is 5.97 Å². The monoisotopic (exact) mass is 1110 g/mol. The van der Waals surface area contributed by atoms with Crippen LogP contribution in [0.25, 0.3) is 0 Å². The SMILES string of the molecule is CCCCCCCCC/C=C\CCCCCCCCCC(=O)OCCCCCCCCCCCCCC/C=C\CCCCCCCCCCCCCCCCCC(=O)NC(CO)C(O)/C=C/CCCCCCCCCCCCC. The fraction of sp³-hybridized carbons (Fsp3) is 0.890. The Hall–Kier alpha value is -1.92. The van der Waals surface area contributed by atoms with Crippen molar-refractivity contribution >= 4 is 11.9 Å². The molecule has 3 N–H and O–H groups in total. The Bertz CT molecular complexity index is 1280. The van der Waals surface area contributed by atoms with E-state index in [0.29, 0.717) is 19.4 Å². The predicted molar refractivity (Wildman–Crippen MR) is 347 cm³/mol. The standard InChI is InChI=1S/C73H139NO5/c1-3-5-7-9-11-13-15-17-18-19-36-39-43-47-51-55-59-63-67-73(78)79-68-64-60-56-52-48-44-40-37-34-32-30-28-26-24-22-20-21-23-25-27-29-31-33-35-38-42-46-50-54-58-62-66-72(77)74-70(69-75)71(76)65-61-57-53-49-45-41-16-14-12-10-8-6-4-2/h18-19,22,24,61,65,70-71,75-76H,3-17,20-21,23,25-60,62-64,66-69H2,1-2H3,(H,74,77)/b19-18-,24-22-,65-61+. The quantitative estimate of drug-likeness (QED) is 0.0320. The number of hydrogen-bond acceptors (Lipinski definition) is 5. The number of aliphatic hydroxyl groups is 2. The molecule has 0 saturated heterocycles. The van der Waals surface area contributed by atoms with Gasteiger partial charge in [-0.15, -0.1) is 0 Å². The molecule has 0 aromatic carbocycles. The molecule has 2 atom stereocenters. The molecule has 466 valence electrons. The van der Waals surface area contributed by atoms with Gasteiger partial charge in [0.2, 0.25) is 5.91 Å². The minimum Gasteiger partial charge on any atom is -0.466 e. The third kappa shape index (κ3) is 65.1. The first-order valence-corrected chi connectivity index (χ1v) is 35.8. The van der Waals surface area contributed by atoms with E-state index in [1.165, 1.54) is 321 Å². The summed E-state index contributed by atoms with van der Waals surface area (Å²) in [4.78, 5) is 24.6. The molecular formula is C73H139NO5. The molecule has 1 amide bonds. The average Bonchev–Trinajstić information content (AvgIpc) is 3.45. The maximum atomic E-state index is 12.5. The van der Waals surface area contributed by atoms with E-state index < -0.39 is 12.1 Å². The van der Waals surface area contributed by atoms with Crippen LogP contribution < -0.4 is 5.32 Å². The third-order valence-electron chi connectivity index (χ3n) is 16.6. The van der Waals surface area contributed by atoms with Gasteiger partial charge in [-0.1, -0.05) is 333 Å². The Morgan fingerprint density at radius 2 is 0.595 bits per heavy atom. The van der Waals surface area contributed by atoms with Crippen molar-refractivity contribution in [3.05, 3.63) is 36.5 Å². The van der Waals surface area contributed by atoms with E-state index in [1.807, 2.05) is 6.08 Å². The maximum absolute atomic E-state index is 12.5. The first-order valence-electron chi connectivity index (χ1n) is 35.8. The number of carbonyl (C=O) groups is 2. The van der Waals surface area contributed by atoms with Gasteiger partial charge in [-0.05, 0) is 83.5 Å². The molecule has 0 rings (SSSR count). The van der Waals surface area contributed by atoms with Crippen molar-refractivity contribution in [1.29, 1.82) is 0 Å². The van der Waals surface area contributed by atoms with Crippen molar-refractivity contribution in [3.63, 3.8) is 0 Å². The van der Waals surface area contributed by atoms with Crippen LogP contribution in [-0.4, -0.2) is 47.4 Å². The molecule has 0 saturated carbocycles. The van der Waals surface area contributed by atoms with Gasteiger partial charge in [0.25, 0.3) is 0 Å². The number of nitrogens with one attached hydrogen (secondary N) is 1. The number of allylic oxidation sites excluding steroid dienone is 5. The normalized spacial score (nSPS) is 12.7. The third-order valence-corrected chi connectivity index (χ3v) is 16.6. The summed E-state index contributed by atoms with van der Waals surface area (Å²) in [5.41, 5.74) is 0. The van der Waals surface area contributed by atoms with Crippen molar-refractivity contribution < 1.29 is 24.5 Å². The molecule has 6 nitrogen and oxygen atoms in total. The molecular weight excluding hydrogens is 971 g/mol. The van der Waals surface area contributed by atoms with Crippen molar-refractivity contribution in [2.45, 2.75) is 405 Å². The highest BCUT2D eigenvalue weighted by molar-refractivity contribution is 5.76. The van der Waals surface area contributed by atoms with Crippen LogP contribution in [0.2, 0.25) is 0 Å². The van der Waals surface area contributed by atoms with Crippen LogP contribution in [0.4, 0.5) is 0 Å². The lowest BCUT2D eigenvalue weighted by Gasteiger charge is -2.20. The Morgan fingerprint density at radius 1 is 0.342 bits per heavy atom. The number of esters is 1. The summed E-state index contributed by atoms with van der Waals surface area (Å²) in [7, 11) is 0. The first-order chi connectivity index (χ1) is 39.0. The van der Waals surface area contributed by atoms with Gasteiger partial charge in [0.15, 0.2) is 0 Å². The van der Waals surface area contributed by atoms with E-state index in [4.69, 9.17) is 4.74 Å². The number of carbonyl (C=O) groups excluding carboxylic acids is 2. The van der Waals surface area contributed by atoms with Crippen LogP contribution in [0.15, 0.2) is 36.5 Å². The minimum absolute atomic E-state index is 0.0149. The molecule has 2 unspecified atom stereocenters. The molecule has 0 radical (unpaired) electrons. The van der Waals surface area contributed by atoms with Gasteiger partial charge in [0.05, 0.1) is 25.4 Å². The molecule has 6 heteroatoms. The number of rotatable bonds is 67. The molecule has 0 bridgehead atoms. The molecule has 0 spiro atoms. The number of amides is 1. The van der Waals surface area contributed by atoms with Crippen molar-refractivity contribution in [3.8, 4) is 0 Å². The van der Waals surface area contributed by atoms with Gasteiger partial charge in [-0.3, -0.25) is 9.59 Å². The summed E-state index contributed by atoms with van der Waals surface area (Å²) in [6.45, 7) is 4.92. The zero-order valence-electron chi connectivity index (χ0n) is 53.4. The van der Waals surface area contributed by atoms with E-state index in [1.54, 1.807) is 6.08 Å². The zero-order chi connectivity index (χ0) is 57.1. The molecule has 0 heterocycles. The number of unbranched alkanes of at least 4 members (excludes halogenated alkanes) is 52. The van der Waals surface area contributed by atoms with Crippen LogP contribution in [0, 0.1) is 0 Å². The predicted octanol–water partition coefficient (Wildman–Crippen LogP) is 23.1. The van der Waals surface area contributed by atoms with E-state index in [-0.39, 0.29) is 18.5 Å². The van der Waals surface area contributed by atoms with Gasteiger partial charge in [-0.2, -0.15) is 0 Å². The number of hydrogen-bond donors (Lipinski definition) is 3. The number of aliphatic hydroxyl groups excluding tert-OH is 2. The van der Waals surface area contributed by atoms with Crippen LogP contribution in [-0.2, 0) is 14.3 Å². The van der Waals surface area contributed by atoms with Crippen LogP contribution >= 0.6 is 0 Å². The van der Waals surface area contributed by atoms with Gasteiger partial charge in [0.1, 0.15) is 0 Å². The molecule has 0 aromatic rings. The fourth-order valence-electron chi connectivity index (χ4n) is 11.2. The van der Waals surface area contributed by atoms with Gasteiger partial charge < -0.3 is 20.3 Å². The van der Waals surface area contributed by atoms with Crippen LogP contribution in [0.3, 0.4) is 0 Å². The van der Waals surface area contributed by atoms with E-state index in [2.05, 4.69) is 43.5 Å². The van der Waals surface area contributed by atoms with Crippen LogP contribution in [0.5, 0.6) is 0 Å². The fourth-order valence-corrected chi connectivity index (χ4v) is 11.2. The summed E-state index contributed by atoms with van der Waals surface area (Å²) in [5.74, 6) is -0.0498. The second-order valence-electron chi connectivity index (χ2n) is 24.6. The molecule has 0 aliphatic rings. The second-order valence-corrected chi connectivity index (χ2v) is 24.6. The van der Waals surface area contributed by atoms with Crippen molar-refractivity contribution in [2.24, 2.45) is 0 Å². The van der Waals surface area contributed by atoms with E-state index in [0.717, 1.165) is 44.9 Å². The molecule has 0 aromatic heterocycles. The van der Waals surface area contributed by atoms with E-state index >= 15 is 0 Å². The lowest BCUT2D eigenvalue weighted by molar-refractivity contribution is -0.143. The van der Waals surface area contributed by atoms with Crippen LogP contribution in [0.1, 0.15) is 393 Å². The lowest BCUT2D eigenvalue weighted by atomic mass is 10.0. The van der Waals surface area contributed by atoms with E-state index in [9.17, 15) is 19.8 Å². The molecule has 79 heavy (non-hydrogen) atoms. The maximum Gasteiger partial charge on any atom is 0.305 e. The largest absolute Gasteiger partial charge is 0.466 e. The summed E-state index contributed by atoms with van der Waals surface area (Å²) >= 11 is 0. The summed E-state index contributed by atoms with van der Waals surface area (Å²) in [5, 5.41) is 23.1. The molecule has 0 aliphatic heterocycles. The van der Waals surface area contributed by atoms with Crippen molar-refractivity contribution in [2.75, 3.05) is 13.2 Å². The Morgan fingerprint density at radius 3 is 0.899 bits per heavy atom. The Kier molecular flexibility index (Phi) is 66.9. The first kappa shape index (κ1) is 77.1. The summed E-state index contributed by atoms with van der Waals surface area (Å²) in [6, 6.07) is -0.626. The molecule has 0 aliphatic carbocycles. The highest BCUT2D eigenvalue weighted by atomic mass is 16.5. The smallest absolute Gasteiger partial charge is 0.305 e. The minimum atomic E-state index is -0.842. The molecule has 0 fully saturated rings. The average molecular weight is 1110 g/mol. The van der Waals surface area contributed by atoms with Gasteiger partial charge in [-0.25, -0.2) is 0 Å². The zero-order valence-corrected chi connectivity index (χ0v) is 53.4. The summed E-state index contributed by atoms with van der Waals surface area (Å²) in [6.07, 6.45) is 88.1. The highest BCUT2D eigenvalue weighted by Gasteiger charge is 2.18. The summed E-state index contributed by atoms with van der Waals surface area (Å²) < 4.78 is 5.51. The van der Waals surface area contributed by atoms with Crippen molar-refractivity contribution in [1.82, 2.24) is 5.32 Å². The number of ether oxygens (including phenoxy) is 1. The Balaban J connectivity index is 3.35. The Labute approximate surface area is 494 Å². The topological polar surface area (TPSA) is 95.9 Å². The highest BCUT2D eigenvalue weighted by Crippen LogP contribution is 2.18. The second kappa shape index (κ2) is 68.6. The van der Waals surface area contributed by atoms with Gasteiger partial charge in [0, 0.05) is 12.8 Å². The lowest BCUT2D eigenvalue weighted by Crippen LogP contribution is -2.45.